The SMILES string of the molecule is c1ccc(CCOC(Cc2ccccc2)(OC2CCCCO2)c2cccc3[nH]cnc23)cc1. The first-order chi connectivity index (χ1) is 16.3. The fraction of sp³-hybridized carbons (Fsp3) is 0.321. The lowest BCUT2D eigenvalue weighted by Crippen LogP contribution is -2.42. The van der Waals surface area contributed by atoms with Crippen molar-refractivity contribution in [3.05, 3.63) is 102 Å². The van der Waals surface area contributed by atoms with Gasteiger partial charge < -0.3 is 19.2 Å². The molecule has 1 N–H and O–H groups in total. The third-order valence-electron chi connectivity index (χ3n) is 6.17. The van der Waals surface area contributed by atoms with E-state index in [4.69, 9.17) is 14.2 Å². The van der Waals surface area contributed by atoms with Crippen LogP contribution < -0.4 is 0 Å². The molecule has 170 valence electrons. The van der Waals surface area contributed by atoms with Crippen molar-refractivity contribution in [3.63, 3.8) is 0 Å². The van der Waals surface area contributed by atoms with E-state index in [2.05, 4.69) is 64.6 Å². The number of benzene rings is 3. The van der Waals surface area contributed by atoms with Crippen LogP contribution >= 0.6 is 0 Å². The normalized spacial score (nSPS) is 18.2. The Morgan fingerprint density at radius 1 is 0.909 bits per heavy atom. The van der Waals surface area contributed by atoms with Crippen molar-refractivity contribution in [2.45, 2.75) is 44.2 Å². The van der Waals surface area contributed by atoms with Gasteiger partial charge in [0.2, 0.25) is 5.79 Å². The van der Waals surface area contributed by atoms with Gasteiger partial charge in [-0.15, -0.1) is 0 Å². The minimum atomic E-state index is -1.02. The Hall–Kier alpha value is -2.99. The number of aromatic amines is 1. The summed E-state index contributed by atoms with van der Waals surface area (Å²) in [5.74, 6) is -1.02. The van der Waals surface area contributed by atoms with Crippen molar-refractivity contribution in [3.8, 4) is 0 Å². The van der Waals surface area contributed by atoms with E-state index in [-0.39, 0.29) is 6.29 Å². The molecular weight excluding hydrogens is 412 g/mol. The molecule has 1 saturated heterocycles. The summed E-state index contributed by atoms with van der Waals surface area (Å²) in [6.45, 7) is 1.23. The van der Waals surface area contributed by atoms with E-state index in [0.29, 0.717) is 19.6 Å². The lowest BCUT2D eigenvalue weighted by Gasteiger charge is -2.38. The van der Waals surface area contributed by atoms with Crippen LogP contribution in [0.2, 0.25) is 0 Å². The van der Waals surface area contributed by atoms with E-state index in [9.17, 15) is 0 Å². The van der Waals surface area contributed by atoms with Crippen LogP contribution in [0.5, 0.6) is 0 Å². The van der Waals surface area contributed by atoms with Crippen LogP contribution in [0.4, 0.5) is 0 Å². The highest BCUT2D eigenvalue weighted by molar-refractivity contribution is 5.79. The average Bonchev–Trinajstić information content (AvgIpc) is 3.35. The fourth-order valence-electron chi connectivity index (χ4n) is 4.50. The molecule has 1 aliphatic rings. The number of rotatable bonds is 9. The molecule has 0 spiro atoms. The van der Waals surface area contributed by atoms with E-state index < -0.39 is 5.79 Å². The Balaban J connectivity index is 1.53. The van der Waals surface area contributed by atoms with E-state index >= 15 is 0 Å². The minimum Gasteiger partial charge on any atom is -0.353 e. The lowest BCUT2D eigenvalue weighted by atomic mass is 9.95. The van der Waals surface area contributed by atoms with Crippen LogP contribution in [0.15, 0.2) is 85.2 Å². The van der Waals surface area contributed by atoms with Gasteiger partial charge in [-0.2, -0.15) is 0 Å². The van der Waals surface area contributed by atoms with Gasteiger partial charge in [-0.25, -0.2) is 4.98 Å². The number of nitrogens with zero attached hydrogens (tertiary/aromatic N) is 1. The molecule has 4 aromatic rings. The molecular formula is C28H30N2O3. The zero-order valence-electron chi connectivity index (χ0n) is 18.8. The summed E-state index contributed by atoms with van der Waals surface area (Å²) in [7, 11) is 0. The molecule has 1 aliphatic heterocycles. The number of fused-ring (bicyclic) bond motifs is 1. The van der Waals surface area contributed by atoms with Gasteiger partial charge in [0, 0.05) is 18.6 Å². The highest BCUT2D eigenvalue weighted by atomic mass is 16.8. The fourth-order valence-corrected chi connectivity index (χ4v) is 4.50. The molecule has 5 nitrogen and oxygen atoms in total. The van der Waals surface area contributed by atoms with E-state index in [1.54, 1.807) is 6.33 Å². The summed E-state index contributed by atoms with van der Waals surface area (Å²) in [6.07, 6.45) is 5.78. The summed E-state index contributed by atoms with van der Waals surface area (Å²) in [4.78, 5) is 7.86. The van der Waals surface area contributed by atoms with Gasteiger partial charge in [0.05, 0.1) is 24.0 Å². The highest BCUT2D eigenvalue weighted by Crippen LogP contribution is 2.38. The van der Waals surface area contributed by atoms with Crippen LogP contribution in [-0.4, -0.2) is 29.5 Å². The summed E-state index contributed by atoms with van der Waals surface area (Å²) >= 11 is 0. The van der Waals surface area contributed by atoms with Crippen LogP contribution in [0.25, 0.3) is 11.0 Å². The molecule has 2 atom stereocenters. The van der Waals surface area contributed by atoms with Gasteiger partial charge in [0.1, 0.15) is 0 Å². The van der Waals surface area contributed by atoms with Gasteiger partial charge in [-0.05, 0) is 42.9 Å². The van der Waals surface area contributed by atoms with Gasteiger partial charge in [-0.3, -0.25) is 0 Å². The second-order valence-corrected chi connectivity index (χ2v) is 8.52. The van der Waals surface area contributed by atoms with Crippen molar-refractivity contribution in [2.24, 2.45) is 0 Å². The smallest absolute Gasteiger partial charge is 0.203 e. The Morgan fingerprint density at radius 2 is 1.70 bits per heavy atom. The summed E-state index contributed by atoms with van der Waals surface area (Å²) in [5.41, 5.74) is 5.12. The Kier molecular flexibility index (Phi) is 6.81. The molecule has 0 aliphatic carbocycles. The topological polar surface area (TPSA) is 56.4 Å². The minimum absolute atomic E-state index is 0.312. The number of imidazole rings is 1. The molecule has 33 heavy (non-hydrogen) atoms. The highest BCUT2D eigenvalue weighted by Gasteiger charge is 2.40. The predicted octanol–water partition coefficient (Wildman–Crippen LogP) is 5.76. The number of ether oxygens (including phenoxy) is 3. The first kappa shape index (κ1) is 21.8. The van der Waals surface area contributed by atoms with Crippen molar-refractivity contribution >= 4 is 11.0 Å². The maximum absolute atomic E-state index is 6.79. The molecule has 0 amide bonds. The molecule has 2 heterocycles. The number of H-pyrrole nitrogens is 1. The number of nitrogens with one attached hydrogen (secondary N) is 1. The summed E-state index contributed by atoms with van der Waals surface area (Å²) < 4.78 is 19.6. The van der Waals surface area contributed by atoms with Crippen LogP contribution in [0, 0.1) is 0 Å². The molecule has 1 aromatic heterocycles. The van der Waals surface area contributed by atoms with Crippen molar-refractivity contribution in [2.75, 3.05) is 13.2 Å². The number of hydrogen-bond acceptors (Lipinski definition) is 4. The second-order valence-electron chi connectivity index (χ2n) is 8.52. The predicted molar refractivity (Wildman–Crippen MR) is 129 cm³/mol. The second kappa shape index (κ2) is 10.3. The summed E-state index contributed by atoms with van der Waals surface area (Å²) in [6, 6.07) is 26.9. The maximum atomic E-state index is 6.79. The van der Waals surface area contributed by atoms with Crippen molar-refractivity contribution < 1.29 is 14.2 Å². The Bertz CT molecular complexity index is 1140. The van der Waals surface area contributed by atoms with Gasteiger partial charge in [0.15, 0.2) is 6.29 Å². The molecule has 3 aromatic carbocycles. The number of para-hydroxylation sites is 1. The van der Waals surface area contributed by atoms with E-state index in [0.717, 1.165) is 47.8 Å². The molecule has 0 radical (unpaired) electrons. The number of hydrogen-bond donors (Lipinski definition) is 1. The molecule has 0 saturated carbocycles. The summed E-state index contributed by atoms with van der Waals surface area (Å²) in [5, 5.41) is 0. The largest absolute Gasteiger partial charge is 0.353 e. The Morgan fingerprint density at radius 3 is 2.45 bits per heavy atom. The zero-order valence-corrected chi connectivity index (χ0v) is 18.8. The van der Waals surface area contributed by atoms with Crippen molar-refractivity contribution in [1.82, 2.24) is 9.97 Å². The molecule has 1 fully saturated rings. The standard InChI is InChI=1S/C28H30N2O3/c1-3-10-22(11-4-1)17-19-32-28(20-23-12-5-2-6-13-23,33-26-16-7-8-18-31-26)24-14-9-15-25-27(24)30-21-29-25/h1-6,9-15,21,26H,7-8,16-20H2,(H,29,30). The van der Waals surface area contributed by atoms with Gasteiger partial charge in [-0.1, -0.05) is 72.8 Å². The van der Waals surface area contributed by atoms with Crippen LogP contribution in [0.3, 0.4) is 0 Å². The third-order valence-corrected chi connectivity index (χ3v) is 6.17. The van der Waals surface area contributed by atoms with Crippen LogP contribution in [-0.2, 0) is 32.8 Å². The van der Waals surface area contributed by atoms with Gasteiger partial charge in [0.25, 0.3) is 0 Å². The first-order valence-corrected chi connectivity index (χ1v) is 11.8. The van der Waals surface area contributed by atoms with Crippen molar-refractivity contribution in [1.29, 1.82) is 0 Å². The molecule has 0 bridgehead atoms. The molecule has 2 unspecified atom stereocenters. The monoisotopic (exact) mass is 442 g/mol. The molecule has 5 heteroatoms. The first-order valence-electron chi connectivity index (χ1n) is 11.8. The van der Waals surface area contributed by atoms with E-state index in [1.165, 1.54) is 5.56 Å². The molecule has 5 rings (SSSR count). The van der Waals surface area contributed by atoms with Crippen LogP contribution in [0.1, 0.15) is 36.0 Å². The van der Waals surface area contributed by atoms with Gasteiger partial charge >= 0.3 is 0 Å². The quantitative estimate of drug-likeness (QED) is 0.335. The lowest BCUT2D eigenvalue weighted by molar-refractivity contribution is -0.324. The third kappa shape index (κ3) is 5.17. The Labute approximate surface area is 194 Å². The zero-order chi connectivity index (χ0) is 22.3. The average molecular weight is 443 g/mol. The maximum Gasteiger partial charge on any atom is 0.203 e. The van der Waals surface area contributed by atoms with E-state index in [1.807, 2.05) is 24.3 Å². The number of aromatic nitrogens is 2.